The molecule has 0 bridgehead atoms. The van der Waals surface area contributed by atoms with Gasteiger partial charge in [0.25, 0.3) is 0 Å². The summed E-state index contributed by atoms with van der Waals surface area (Å²) in [5.41, 5.74) is -0.783. The molecule has 1 N–H and O–H groups in total. The third kappa shape index (κ3) is 5.28. The van der Waals surface area contributed by atoms with E-state index in [1.807, 2.05) is 5.32 Å². The lowest BCUT2D eigenvalue weighted by Crippen LogP contribution is -2.29. The van der Waals surface area contributed by atoms with Crippen molar-refractivity contribution in [3.8, 4) is 0 Å². The molecule has 7 nitrogen and oxygen atoms in total. The van der Waals surface area contributed by atoms with Crippen LogP contribution in [0, 0.1) is 0 Å². The third-order valence-electron chi connectivity index (χ3n) is 1.69. The van der Waals surface area contributed by atoms with E-state index >= 15 is 0 Å². The predicted molar refractivity (Wildman–Crippen MR) is 56.9 cm³/mol. The topological polar surface area (TPSA) is 90.9 Å². The molecule has 0 heterocycles. The lowest BCUT2D eigenvalue weighted by molar-refractivity contribution is -0.140. The first kappa shape index (κ1) is 15.9. The lowest BCUT2D eigenvalue weighted by atomic mass is 10.3. The number of methoxy groups -OCH3 is 2. The van der Waals surface area contributed by atoms with E-state index in [9.17, 15) is 18.8 Å². The zero-order chi connectivity index (χ0) is 14.1. The van der Waals surface area contributed by atoms with Crippen molar-refractivity contribution in [2.24, 2.45) is 0 Å². The van der Waals surface area contributed by atoms with Crippen LogP contribution in [0.1, 0.15) is 13.3 Å². The zero-order valence-corrected chi connectivity index (χ0v) is 10.2. The molecule has 0 aromatic rings. The Kier molecular flexibility index (Phi) is 7.10. The number of ether oxygens (including phenoxy) is 3. The smallest absolute Gasteiger partial charge is 0.411 e. The van der Waals surface area contributed by atoms with E-state index < -0.39 is 36.0 Å². The van der Waals surface area contributed by atoms with Crippen LogP contribution in [-0.2, 0) is 23.8 Å². The standard InChI is InChI=1S/C10H14FNO6/c1-4-18-9(14)8(12-10(15)17-3)6(11)5-7(13)16-2/h4-5H2,1-3H3,(H,12,15)/b8-6-. The minimum Gasteiger partial charge on any atom is -0.469 e. The van der Waals surface area contributed by atoms with Crippen LogP contribution in [0.3, 0.4) is 0 Å². The molecule has 0 saturated carbocycles. The first-order valence-corrected chi connectivity index (χ1v) is 4.93. The van der Waals surface area contributed by atoms with Crippen molar-refractivity contribution in [3.05, 3.63) is 11.5 Å². The number of nitrogens with one attached hydrogen (secondary N) is 1. The summed E-state index contributed by atoms with van der Waals surface area (Å²) in [6, 6.07) is 0. The molecule has 0 rings (SSSR count). The highest BCUT2D eigenvalue weighted by Crippen LogP contribution is 2.11. The van der Waals surface area contributed by atoms with Gasteiger partial charge in [0, 0.05) is 0 Å². The van der Waals surface area contributed by atoms with Gasteiger partial charge in [-0.2, -0.15) is 0 Å². The van der Waals surface area contributed by atoms with Crippen molar-refractivity contribution in [1.82, 2.24) is 5.32 Å². The number of hydrogen-bond donors (Lipinski definition) is 1. The quantitative estimate of drug-likeness (QED) is 0.445. The Hall–Kier alpha value is -2.12. The Morgan fingerprint density at radius 2 is 1.78 bits per heavy atom. The van der Waals surface area contributed by atoms with E-state index in [-0.39, 0.29) is 6.61 Å². The molecule has 0 radical (unpaired) electrons. The predicted octanol–water partition coefficient (Wildman–Crippen LogP) is 0.650. The molecule has 0 aliphatic rings. The Balaban J connectivity index is 5.03. The Morgan fingerprint density at radius 3 is 2.22 bits per heavy atom. The molecule has 0 unspecified atom stereocenters. The SMILES string of the molecule is CCOC(=O)/C(NC(=O)OC)=C(/F)CC(=O)OC. The van der Waals surface area contributed by atoms with Gasteiger partial charge in [0.2, 0.25) is 0 Å². The van der Waals surface area contributed by atoms with Gasteiger partial charge in [-0.3, -0.25) is 10.1 Å². The van der Waals surface area contributed by atoms with Gasteiger partial charge in [-0.25, -0.2) is 14.0 Å². The minimum absolute atomic E-state index is 0.0172. The van der Waals surface area contributed by atoms with Gasteiger partial charge in [0.1, 0.15) is 5.83 Å². The number of alkyl carbamates (subject to hydrolysis) is 1. The van der Waals surface area contributed by atoms with E-state index in [0.29, 0.717) is 0 Å². The van der Waals surface area contributed by atoms with Gasteiger partial charge < -0.3 is 14.2 Å². The number of carbonyl (C=O) groups is 3. The summed E-state index contributed by atoms with van der Waals surface area (Å²) in [7, 11) is 2.10. The summed E-state index contributed by atoms with van der Waals surface area (Å²) in [4.78, 5) is 33.2. The second kappa shape index (κ2) is 8.04. The highest BCUT2D eigenvalue weighted by atomic mass is 19.1. The number of esters is 2. The fourth-order valence-corrected chi connectivity index (χ4v) is 0.873. The van der Waals surface area contributed by atoms with Crippen molar-refractivity contribution in [3.63, 3.8) is 0 Å². The summed E-state index contributed by atoms with van der Waals surface area (Å²) in [6.07, 6.45) is -1.85. The molecule has 0 spiro atoms. The minimum atomic E-state index is -1.18. The fourth-order valence-electron chi connectivity index (χ4n) is 0.873. The summed E-state index contributed by atoms with van der Waals surface area (Å²) in [5.74, 6) is -3.18. The van der Waals surface area contributed by atoms with Gasteiger partial charge in [-0.1, -0.05) is 0 Å². The molecule has 0 aliphatic heterocycles. The van der Waals surface area contributed by atoms with E-state index in [2.05, 4.69) is 14.2 Å². The molecule has 0 saturated heterocycles. The van der Waals surface area contributed by atoms with E-state index in [4.69, 9.17) is 0 Å². The van der Waals surface area contributed by atoms with Gasteiger partial charge >= 0.3 is 18.0 Å². The van der Waals surface area contributed by atoms with Crippen LogP contribution in [-0.4, -0.2) is 38.9 Å². The van der Waals surface area contributed by atoms with E-state index in [0.717, 1.165) is 14.2 Å². The van der Waals surface area contributed by atoms with Gasteiger partial charge in [-0.05, 0) is 6.92 Å². The molecule has 8 heteroatoms. The highest BCUT2D eigenvalue weighted by molar-refractivity contribution is 5.93. The summed E-state index contributed by atoms with van der Waals surface area (Å²) in [5, 5.41) is 1.84. The lowest BCUT2D eigenvalue weighted by Gasteiger charge is -2.09. The third-order valence-corrected chi connectivity index (χ3v) is 1.69. The normalized spacial score (nSPS) is 11.1. The fraction of sp³-hybridized carbons (Fsp3) is 0.500. The van der Waals surface area contributed by atoms with Gasteiger partial charge in [0.15, 0.2) is 5.70 Å². The van der Waals surface area contributed by atoms with E-state index in [1.165, 1.54) is 6.92 Å². The van der Waals surface area contributed by atoms with Gasteiger partial charge in [-0.15, -0.1) is 0 Å². The van der Waals surface area contributed by atoms with Crippen LogP contribution in [0.2, 0.25) is 0 Å². The molecule has 0 aromatic heterocycles. The monoisotopic (exact) mass is 263 g/mol. The van der Waals surface area contributed by atoms with Crippen LogP contribution in [0.15, 0.2) is 11.5 Å². The summed E-state index contributed by atoms with van der Waals surface area (Å²) in [6.45, 7) is 1.49. The molecule has 0 aromatic carbocycles. The van der Waals surface area contributed by atoms with Crippen molar-refractivity contribution < 1.29 is 33.0 Å². The largest absolute Gasteiger partial charge is 0.469 e. The summed E-state index contributed by atoms with van der Waals surface area (Å²) < 4.78 is 26.6. The zero-order valence-electron chi connectivity index (χ0n) is 10.2. The Bertz CT molecular complexity index is 365. The highest BCUT2D eigenvalue weighted by Gasteiger charge is 2.22. The average molecular weight is 263 g/mol. The van der Waals surface area contributed by atoms with Crippen LogP contribution in [0.4, 0.5) is 9.18 Å². The Labute approximate surface area is 103 Å². The van der Waals surface area contributed by atoms with Crippen LogP contribution < -0.4 is 5.32 Å². The van der Waals surface area contributed by atoms with Crippen molar-refractivity contribution in [1.29, 1.82) is 0 Å². The van der Waals surface area contributed by atoms with E-state index in [1.54, 1.807) is 0 Å². The summed E-state index contributed by atoms with van der Waals surface area (Å²) >= 11 is 0. The van der Waals surface area contributed by atoms with Crippen LogP contribution in [0.5, 0.6) is 0 Å². The number of carbonyl (C=O) groups excluding carboxylic acids is 3. The van der Waals surface area contributed by atoms with Crippen molar-refractivity contribution >= 4 is 18.0 Å². The second-order valence-electron chi connectivity index (χ2n) is 2.87. The first-order chi connectivity index (χ1) is 8.46. The number of amides is 1. The van der Waals surface area contributed by atoms with Gasteiger partial charge in [0.05, 0.1) is 27.2 Å². The molecule has 0 aliphatic carbocycles. The second-order valence-corrected chi connectivity index (χ2v) is 2.87. The molecule has 0 fully saturated rings. The molecule has 0 atom stereocenters. The average Bonchev–Trinajstić information content (AvgIpc) is 2.35. The maximum absolute atomic E-state index is 13.6. The molecule has 18 heavy (non-hydrogen) atoms. The first-order valence-electron chi connectivity index (χ1n) is 4.93. The molecule has 102 valence electrons. The Morgan fingerprint density at radius 1 is 1.17 bits per heavy atom. The van der Waals surface area contributed by atoms with Crippen molar-refractivity contribution in [2.75, 3.05) is 20.8 Å². The number of rotatable bonds is 5. The molecular formula is C10H14FNO6. The maximum atomic E-state index is 13.6. The van der Waals surface area contributed by atoms with Crippen molar-refractivity contribution in [2.45, 2.75) is 13.3 Å². The van der Waals surface area contributed by atoms with Crippen LogP contribution >= 0.6 is 0 Å². The molecular weight excluding hydrogens is 249 g/mol. The molecule has 1 amide bonds. The number of hydrogen-bond acceptors (Lipinski definition) is 6. The van der Waals surface area contributed by atoms with Crippen LogP contribution in [0.25, 0.3) is 0 Å². The number of halogens is 1. The maximum Gasteiger partial charge on any atom is 0.411 e.